The summed E-state index contributed by atoms with van der Waals surface area (Å²) < 4.78 is 47.6. The molecule has 1 fully saturated rings. The standard InChI is InChI=1S/C24H26F3N3O4/c1-14-11-17(3-4-20(14)34-13-24(25,26)27)15(2)30-12-19-18(23(30)32)5-8-28-21(19)29-22(31)16-6-9-33-10-7-16/h3-5,8,11,15-16H,6-7,9-10,12-13H2,1-2H3,(H,28,29,31). The number of nitrogens with zero attached hydrogens (tertiary/aromatic N) is 2. The van der Waals surface area contributed by atoms with Crippen LogP contribution in [-0.2, 0) is 16.1 Å². The number of nitrogens with one attached hydrogen (secondary N) is 1. The quantitative estimate of drug-likeness (QED) is 0.667. The Morgan fingerprint density at radius 1 is 1.29 bits per heavy atom. The van der Waals surface area contributed by atoms with E-state index in [2.05, 4.69) is 10.3 Å². The minimum atomic E-state index is -4.42. The molecule has 1 atom stereocenters. The van der Waals surface area contributed by atoms with E-state index < -0.39 is 12.8 Å². The summed E-state index contributed by atoms with van der Waals surface area (Å²) in [5.41, 5.74) is 2.44. The lowest BCUT2D eigenvalue weighted by Gasteiger charge is -2.25. The molecule has 0 bridgehead atoms. The van der Waals surface area contributed by atoms with Crippen molar-refractivity contribution in [2.24, 2.45) is 5.92 Å². The van der Waals surface area contributed by atoms with Gasteiger partial charge in [-0.3, -0.25) is 9.59 Å². The van der Waals surface area contributed by atoms with E-state index in [9.17, 15) is 22.8 Å². The molecule has 182 valence electrons. The number of benzene rings is 1. The number of amides is 2. The van der Waals surface area contributed by atoms with Crippen LogP contribution < -0.4 is 10.1 Å². The Morgan fingerprint density at radius 2 is 2.03 bits per heavy atom. The predicted octanol–water partition coefficient (Wildman–Crippen LogP) is 4.41. The van der Waals surface area contributed by atoms with Crippen LogP contribution in [0.5, 0.6) is 5.75 Å². The van der Waals surface area contributed by atoms with Crippen molar-refractivity contribution in [1.29, 1.82) is 0 Å². The van der Waals surface area contributed by atoms with E-state index in [1.165, 1.54) is 12.3 Å². The lowest BCUT2D eigenvalue weighted by atomic mass is 9.99. The summed E-state index contributed by atoms with van der Waals surface area (Å²) in [7, 11) is 0. The summed E-state index contributed by atoms with van der Waals surface area (Å²) >= 11 is 0. The van der Waals surface area contributed by atoms with E-state index in [0.29, 0.717) is 48.6 Å². The number of halogens is 3. The number of fused-ring (bicyclic) bond motifs is 1. The lowest BCUT2D eigenvalue weighted by Crippen LogP contribution is -2.29. The van der Waals surface area contributed by atoms with Crippen LogP contribution in [0.1, 0.15) is 52.9 Å². The van der Waals surface area contributed by atoms with Crippen LogP contribution in [0.25, 0.3) is 0 Å². The Morgan fingerprint density at radius 3 is 2.71 bits per heavy atom. The zero-order chi connectivity index (χ0) is 24.5. The highest BCUT2D eigenvalue weighted by Crippen LogP contribution is 2.35. The molecular weight excluding hydrogens is 451 g/mol. The first kappa shape index (κ1) is 24.0. The molecule has 4 rings (SSSR count). The van der Waals surface area contributed by atoms with Gasteiger partial charge in [-0.2, -0.15) is 13.2 Å². The first-order chi connectivity index (χ1) is 16.1. The molecule has 0 aliphatic carbocycles. The van der Waals surface area contributed by atoms with Crippen LogP contribution in [0, 0.1) is 12.8 Å². The molecule has 1 saturated heterocycles. The molecule has 2 aliphatic heterocycles. The van der Waals surface area contributed by atoms with Crippen molar-refractivity contribution in [3.05, 3.63) is 52.7 Å². The topological polar surface area (TPSA) is 80.8 Å². The number of rotatable bonds is 6. The molecule has 34 heavy (non-hydrogen) atoms. The van der Waals surface area contributed by atoms with Gasteiger partial charge in [0.1, 0.15) is 11.6 Å². The molecule has 0 radical (unpaired) electrons. The highest BCUT2D eigenvalue weighted by molar-refractivity contribution is 6.01. The van der Waals surface area contributed by atoms with E-state index in [4.69, 9.17) is 9.47 Å². The Kier molecular flexibility index (Phi) is 6.79. The fourth-order valence-corrected chi connectivity index (χ4v) is 4.28. The van der Waals surface area contributed by atoms with Gasteiger partial charge in [-0.05, 0) is 49.9 Å². The third kappa shape index (κ3) is 5.16. The maximum atomic E-state index is 13.1. The lowest BCUT2D eigenvalue weighted by molar-refractivity contribution is -0.153. The molecule has 0 spiro atoms. The normalized spacial score (nSPS) is 17.4. The molecule has 2 aliphatic rings. The number of carbonyl (C=O) groups excluding carboxylic acids is 2. The Balaban J connectivity index is 1.49. The van der Waals surface area contributed by atoms with Crippen LogP contribution in [0.15, 0.2) is 30.5 Å². The summed E-state index contributed by atoms with van der Waals surface area (Å²) in [6.07, 6.45) is -1.63. The summed E-state index contributed by atoms with van der Waals surface area (Å²) in [4.78, 5) is 31.8. The number of aromatic nitrogens is 1. The third-order valence-electron chi connectivity index (χ3n) is 6.25. The first-order valence-corrected chi connectivity index (χ1v) is 11.1. The molecule has 1 aromatic carbocycles. The maximum Gasteiger partial charge on any atom is 0.422 e. The summed E-state index contributed by atoms with van der Waals surface area (Å²) in [5.74, 6) is 0.0464. The van der Waals surface area contributed by atoms with Crippen molar-refractivity contribution in [2.45, 2.75) is 45.5 Å². The maximum absolute atomic E-state index is 13.1. The van der Waals surface area contributed by atoms with Gasteiger partial charge in [0.15, 0.2) is 6.61 Å². The molecule has 1 aromatic heterocycles. The van der Waals surface area contributed by atoms with Gasteiger partial charge in [0.25, 0.3) is 5.91 Å². The summed E-state index contributed by atoms with van der Waals surface area (Å²) in [5, 5.41) is 2.88. The van der Waals surface area contributed by atoms with Crippen molar-refractivity contribution >= 4 is 17.6 Å². The third-order valence-corrected chi connectivity index (χ3v) is 6.25. The number of carbonyl (C=O) groups is 2. The molecule has 10 heteroatoms. The van der Waals surface area contributed by atoms with E-state index in [-0.39, 0.29) is 36.1 Å². The number of pyridine rings is 1. The van der Waals surface area contributed by atoms with Gasteiger partial charge in [-0.15, -0.1) is 0 Å². The minimum Gasteiger partial charge on any atom is -0.484 e. The van der Waals surface area contributed by atoms with E-state index >= 15 is 0 Å². The molecule has 0 saturated carbocycles. The number of alkyl halides is 3. The average Bonchev–Trinajstić information content (AvgIpc) is 3.15. The number of hydrogen-bond donors (Lipinski definition) is 1. The minimum absolute atomic E-state index is 0.131. The first-order valence-electron chi connectivity index (χ1n) is 11.1. The van der Waals surface area contributed by atoms with E-state index in [1.807, 2.05) is 6.92 Å². The van der Waals surface area contributed by atoms with Crippen LogP contribution in [-0.4, -0.2) is 47.7 Å². The largest absolute Gasteiger partial charge is 0.484 e. The molecular formula is C24H26F3N3O4. The van der Waals surface area contributed by atoms with Gasteiger partial charge < -0.3 is 19.7 Å². The molecule has 1 unspecified atom stereocenters. The SMILES string of the molecule is Cc1cc(C(C)N2Cc3c(ccnc3NC(=O)C3CCOCC3)C2=O)ccc1OCC(F)(F)F. The van der Waals surface area contributed by atoms with Gasteiger partial charge in [0.05, 0.1) is 12.6 Å². The smallest absolute Gasteiger partial charge is 0.422 e. The number of aryl methyl sites for hydroxylation is 1. The monoisotopic (exact) mass is 477 g/mol. The second kappa shape index (κ2) is 9.61. The Labute approximate surface area is 195 Å². The van der Waals surface area contributed by atoms with Crippen LogP contribution in [0.4, 0.5) is 19.0 Å². The van der Waals surface area contributed by atoms with Gasteiger partial charge in [0.2, 0.25) is 5.91 Å². The molecule has 1 N–H and O–H groups in total. The van der Waals surface area contributed by atoms with Gasteiger partial charge in [-0.25, -0.2) is 4.98 Å². The fraction of sp³-hybridized carbons (Fsp3) is 0.458. The zero-order valence-electron chi connectivity index (χ0n) is 18.9. The Hall–Kier alpha value is -3.14. The van der Waals surface area contributed by atoms with Crippen molar-refractivity contribution in [1.82, 2.24) is 9.88 Å². The summed E-state index contributed by atoms with van der Waals surface area (Å²) in [6.45, 7) is 3.50. The Bertz CT molecular complexity index is 1080. The molecule has 7 nitrogen and oxygen atoms in total. The van der Waals surface area contributed by atoms with E-state index in [0.717, 1.165) is 5.56 Å². The van der Waals surface area contributed by atoms with Crippen molar-refractivity contribution in [3.8, 4) is 5.75 Å². The van der Waals surface area contributed by atoms with Gasteiger partial charge >= 0.3 is 6.18 Å². The highest BCUT2D eigenvalue weighted by Gasteiger charge is 2.35. The van der Waals surface area contributed by atoms with Gasteiger partial charge in [0, 0.05) is 36.5 Å². The molecule has 2 aromatic rings. The molecule has 3 heterocycles. The number of hydrogen-bond acceptors (Lipinski definition) is 5. The second-order valence-electron chi connectivity index (χ2n) is 8.60. The number of ether oxygens (including phenoxy) is 2. The van der Waals surface area contributed by atoms with Crippen LogP contribution in [0.2, 0.25) is 0 Å². The van der Waals surface area contributed by atoms with Crippen molar-refractivity contribution in [2.75, 3.05) is 25.1 Å². The fourth-order valence-electron chi connectivity index (χ4n) is 4.28. The summed E-state index contributed by atoms with van der Waals surface area (Å²) in [6, 6.07) is 6.15. The average molecular weight is 477 g/mol. The zero-order valence-corrected chi connectivity index (χ0v) is 18.9. The van der Waals surface area contributed by atoms with Crippen molar-refractivity contribution < 1.29 is 32.2 Å². The van der Waals surface area contributed by atoms with Crippen molar-refractivity contribution in [3.63, 3.8) is 0 Å². The predicted molar refractivity (Wildman–Crippen MR) is 117 cm³/mol. The number of anilines is 1. The van der Waals surface area contributed by atoms with Crippen LogP contribution >= 0.6 is 0 Å². The van der Waals surface area contributed by atoms with Gasteiger partial charge in [-0.1, -0.05) is 12.1 Å². The second-order valence-corrected chi connectivity index (χ2v) is 8.60. The highest BCUT2D eigenvalue weighted by atomic mass is 19.4. The van der Waals surface area contributed by atoms with Crippen LogP contribution in [0.3, 0.4) is 0 Å². The molecule has 2 amide bonds. The van der Waals surface area contributed by atoms with E-state index in [1.54, 1.807) is 30.0 Å².